The van der Waals surface area contributed by atoms with Gasteiger partial charge in [0, 0.05) is 24.5 Å². The van der Waals surface area contributed by atoms with Crippen LogP contribution < -0.4 is 10.9 Å². The zero-order valence-corrected chi connectivity index (χ0v) is 17.1. The van der Waals surface area contributed by atoms with Gasteiger partial charge in [0.2, 0.25) is 5.91 Å². The first-order valence-corrected chi connectivity index (χ1v) is 10.4. The number of aromatic nitrogens is 2. The second-order valence-corrected chi connectivity index (χ2v) is 8.01. The lowest BCUT2D eigenvalue weighted by Crippen LogP contribution is -2.22. The minimum atomic E-state index is -0.0389. The van der Waals surface area contributed by atoms with E-state index < -0.39 is 0 Å². The van der Waals surface area contributed by atoms with Gasteiger partial charge in [0.1, 0.15) is 4.70 Å². The normalized spacial score (nSPS) is 11.0. The molecule has 0 aliphatic rings. The highest BCUT2D eigenvalue weighted by atomic mass is 35.5. The Kier molecular flexibility index (Phi) is 6.82. The molecule has 0 atom stereocenters. The molecule has 1 amide bonds. The molecule has 0 spiro atoms. The van der Waals surface area contributed by atoms with Crippen LogP contribution in [0.3, 0.4) is 0 Å². The van der Waals surface area contributed by atoms with Crippen molar-refractivity contribution in [3.05, 3.63) is 61.4 Å². The van der Waals surface area contributed by atoms with Crippen molar-refractivity contribution in [1.82, 2.24) is 14.9 Å². The highest BCUT2D eigenvalue weighted by Crippen LogP contribution is 2.14. The van der Waals surface area contributed by atoms with E-state index in [2.05, 4.69) is 10.3 Å². The van der Waals surface area contributed by atoms with Gasteiger partial charge >= 0.3 is 0 Å². The van der Waals surface area contributed by atoms with E-state index in [1.54, 1.807) is 10.6 Å². The predicted octanol–water partition coefficient (Wildman–Crippen LogP) is 4.65. The molecule has 142 valence electrons. The van der Waals surface area contributed by atoms with E-state index in [1.807, 2.05) is 29.6 Å². The molecule has 27 heavy (non-hydrogen) atoms. The number of carbonyl (C=O) groups excluding carboxylic acids is 1. The van der Waals surface area contributed by atoms with Crippen LogP contribution in [0.5, 0.6) is 0 Å². The van der Waals surface area contributed by atoms with Gasteiger partial charge in [-0.3, -0.25) is 14.2 Å². The minimum absolute atomic E-state index is 0.0180. The third-order valence-electron chi connectivity index (χ3n) is 4.26. The molecule has 0 aliphatic heterocycles. The molecule has 5 nitrogen and oxygen atoms in total. The fourth-order valence-electron chi connectivity index (χ4n) is 2.84. The standard InChI is InChI=1S/C19H20ClN3O2S2/c20-14-6-4-5-13(11-14)12-21-16(24)7-2-1-3-9-23-18(25)17-15(8-10-27-17)22-19(23)26/h4-6,8,10-11H,1-3,7,9,12H2,(H,21,24)(H,22,26). The van der Waals surface area contributed by atoms with E-state index in [0.717, 1.165) is 30.3 Å². The van der Waals surface area contributed by atoms with Crippen molar-refractivity contribution in [3.63, 3.8) is 0 Å². The molecule has 3 rings (SSSR count). The summed E-state index contributed by atoms with van der Waals surface area (Å²) in [5.41, 5.74) is 1.74. The van der Waals surface area contributed by atoms with Crippen LogP contribution in [0, 0.1) is 4.77 Å². The molecular weight excluding hydrogens is 402 g/mol. The van der Waals surface area contributed by atoms with Crippen molar-refractivity contribution in [3.8, 4) is 0 Å². The Morgan fingerprint density at radius 2 is 2.11 bits per heavy atom. The quantitative estimate of drug-likeness (QED) is 0.411. The first-order valence-electron chi connectivity index (χ1n) is 8.76. The maximum absolute atomic E-state index is 12.4. The zero-order chi connectivity index (χ0) is 19.2. The Bertz CT molecular complexity index is 1050. The smallest absolute Gasteiger partial charge is 0.272 e. The summed E-state index contributed by atoms with van der Waals surface area (Å²) in [5, 5.41) is 5.44. The molecule has 8 heteroatoms. The first kappa shape index (κ1) is 19.8. The number of hydrogen-bond acceptors (Lipinski definition) is 4. The summed E-state index contributed by atoms with van der Waals surface area (Å²) in [6.45, 7) is 1.04. The van der Waals surface area contributed by atoms with E-state index in [1.165, 1.54) is 11.3 Å². The van der Waals surface area contributed by atoms with Crippen LogP contribution in [0.25, 0.3) is 10.2 Å². The van der Waals surface area contributed by atoms with Crippen LogP contribution in [0.15, 0.2) is 40.5 Å². The Morgan fingerprint density at radius 1 is 1.26 bits per heavy atom. The van der Waals surface area contributed by atoms with E-state index in [0.29, 0.717) is 34.0 Å². The van der Waals surface area contributed by atoms with E-state index in [9.17, 15) is 9.59 Å². The molecule has 3 aromatic rings. The largest absolute Gasteiger partial charge is 0.352 e. The SMILES string of the molecule is O=C(CCCCCn1c(=S)[nH]c2ccsc2c1=O)NCc1cccc(Cl)c1. The van der Waals surface area contributed by atoms with Crippen LogP contribution in [0.1, 0.15) is 31.2 Å². The van der Waals surface area contributed by atoms with Crippen molar-refractivity contribution >= 4 is 51.3 Å². The molecule has 2 heterocycles. The molecule has 2 aromatic heterocycles. The molecule has 0 unspecified atom stereocenters. The maximum atomic E-state index is 12.4. The van der Waals surface area contributed by atoms with Crippen molar-refractivity contribution in [1.29, 1.82) is 0 Å². The highest BCUT2D eigenvalue weighted by Gasteiger charge is 2.07. The van der Waals surface area contributed by atoms with Crippen molar-refractivity contribution in [2.45, 2.75) is 38.8 Å². The van der Waals surface area contributed by atoms with Gasteiger partial charge in [0.05, 0.1) is 5.52 Å². The summed E-state index contributed by atoms with van der Waals surface area (Å²) >= 11 is 12.6. The lowest BCUT2D eigenvalue weighted by molar-refractivity contribution is -0.121. The fraction of sp³-hybridized carbons (Fsp3) is 0.316. The van der Waals surface area contributed by atoms with Gasteiger partial charge in [-0.2, -0.15) is 0 Å². The Balaban J connectivity index is 1.41. The Labute approximate surface area is 171 Å². The number of hydrogen-bond donors (Lipinski definition) is 2. The third-order valence-corrected chi connectivity index (χ3v) is 5.72. The minimum Gasteiger partial charge on any atom is -0.352 e. The van der Waals surface area contributed by atoms with Crippen molar-refractivity contribution in [2.24, 2.45) is 0 Å². The number of H-pyrrole nitrogens is 1. The summed E-state index contributed by atoms with van der Waals surface area (Å²) < 4.78 is 2.75. The molecule has 1 aromatic carbocycles. The fourth-order valence-corrected chi connectivity index (χ4v) is 4.14. The van der Waals surface area contributed by atoms with E-state index in [4.69, 9.17) is 23.8 Å². The first-order chi connectivity index (χ1) is 13.0. The second-order valence-electron chi connectivity index (χ2n) is 6.27. The Morgan fingerprint density at radius 3 is 2.93 bits per heavy atom. The number of carbonyl (C=O) groups is 1. The molecule has 0 aliphatic carbocycles. The van der Waals surface area contributed by atoms with Crippen molar-refractivity contribution < 1.29 is 4.79 Å². The number of thiophene rings is 1. The second kappa shape index (κ2) is 9.30. The van der Waals surface area contributed by atoms with Gasteiger partial charge < -0.3 is 10.3 Å². The number of aromatic amines is 1. The number of nitrogens with one attached hydrogen (secondary N) is 2. The lowest BCUT2D eigenvalue weighted by atomic mass is 10.1. The van der Waals surface area contributed by atoms with Crippen LogP contribution >= 0.6 is 35.2 Å². The topological polar surface area (TPSA) is 66.9 Å². The average molecular weight is 422 g/mol. The van der Waals surface area contributed by atoms with Gasteiger partial charge in [-0.25, -0.2) is 0 Å². The van der Waals surface area contributed by atoms with Crippen LogP contribution in [0.4, 0.5) is 0 Å². The Hall–Kier alpha value is -1.96. The number of nitrogens with zero attached hydrogens (tertiary/aromatic N) is 1. The summed E-state index contributed by atoms with van der Waals surface area (Å²) in [4.78, 5) is 27.5. The molecule has 0 fully saturated rings. The van der Waals surface area contributed by atoms with Gasteiger partial charge in [-0.15, -0.1) is 11.3 Å². The number of benzene rings is 1. The summed E-state index contributed by atoms with van der Waals surface area (Å²) in [6, 6.07) is 9.30. The average Bonchev–Trinajstić information content (AvgIpc) is 3.10. The number of halogens is 1. The monoisotopic (exact) mass is 421 g/mol. The number of unbranched alkanes of at least 4 members (excludes halogenated alkanes) is 2. The number of amides is 1. The van der Waals surface area contributed by atoms with Gasteiger partial charge in [0.25, 0.3) is 5.56 Å². The summed E-state index contributed by atoms with van der Waals surface area (Å²) in [7, 11) is 0. The van der Waals surface area contributed by atoms with Gasteiger partial charge in [-0.1, -0.05) is 30.2 Å². The van der Waals surface area contributed by atoms with E-state index >= 15 is 0 Å². The van der Waals surface area contributed by atoms with E-state index in [-0.39, 0.29) is 11.5 Å². The summed E-state index contributed by atoms with van der Waals surface area (Å²) in [6.07, 6.45) is 2.89. The number of fused-ring (bicyclic) bond motifs is 1. The molecular formula is C19H20ClN3O2S2. The summed E-state index contributed by atoms with van der Waals surface area (Å²) in [5.74, 6) is 0.0180. The lowest BCUT2D eigenvalue weighted by Gasteiger charge is -2.07. The molecule has 0 bridgehead atoms. The molecule has 0 radical (unpaired) electrons. The molecule has 0 saturated heterocycles. The zero-order valence-electron chi connectivity index (χ0n) is 14.7. The predicted molar refractivity (Wildman–Crippen MR) is 113 cm³/mol. The molecule has 2 N–H and O–H groups in total. The number of rotatable bonds is 8. The maximum Gasteiger partial charge on any atom is 0.272 e. The van der Waals surface area contributed by atoms with Crippen LogP contribution in [0.2, 0.25) is 5.02 Å². The van der Waals surface area contributed by atoms with Crippen LogP contribution in [-0.4, -0.2) is 15.5 Å². The third kappa shape index (κ3) is 5.28. The van der Waals surface area contributed by atoms with Gasteiger partial charge in [-0.05, 0) is 54.2 Å². The van der Waals surface area contributed by atoms with Crippen molar-refractivity contribution in [2.75, 3.05) is 0 Å². The molecule has 0 saturated carbocycles. The highest BCUT2D eigenvalue weighted by molar-refractivity contribution is 7.71. The van der Waals surface area contributed by atoms with Crippen LogP contribution in [-0.2, 0) is 17.9 Å². The van der Waals surface area contributed by atoms with Gasteiger partial charge in [0.15, 0.2) is 4.77 Å².